The highest BCUT2D eigenvalue weighted by Crippen LogP contribution is 2.38. The van der Waals surface area contributed by atoms with Gasteiger partial charge in [0.1, 0.15) is 0 Å². The maximum atomic E-state index is 3.60. The number of H-pyrrole nitrogens is 1. The van der Waals surface area contributed by atoms with E-state index in [1.54, 1.807) is 0 Å². The molecule has 0 saturated heterocycles. The number of benzene rings is 3. The zero-order chi connectivity index (χ0) is 14.9. The van der Waals surface area contributed by atoms with Gasteiger partial charge in [0.15, 0.2) is 0 Å². The van der Waals surface area contributed by atoms with Crippen LogP contribution in [-0.4, -0.2) is 4.98 Å². The number of fused-ring (bicyclic) bond motifs is 1. The first kappa shape index (κ1) is 12.9. The molecule has 0 amide bonds. The first-order valence-electron chi connectivity index (χ1n) is 7.56. The van der Waals surface area contributed by atoms with Gasteiger partial charge in [-0.25, -0.2) is 0 Å². The number of aromatic nitrogens is 1. The van der Waals surface area contributed by atoms with Crippen LogP contribution >= 0.6 is 0 Å². The largest absolute Gasteiger partial charge is 0.354 e. The van der Waals surface area contributed by atoms with Crippen molar-refractivity contribution in [3.8, 4) is 22.4 Å². The number of nitrogens with one attached hydrogen (secondary N) is 1. The third kappa shape index (κ3) is 2.11. The lowest BCUT2D eigenvalue weighted by molar-refractivity contribution is 1.44. The Morgan fingerprint density at radius 3 is 2.23 bits per heavy atom. The Balaban J connectivity index is 2.07. The van der Waals surface area contributed by atoms with Crippen LogP contribution in [0, 0.1) is 6.92 Å². The molecule has 106 valence electrons. The van der Waals surface area contributed by atoms with E-state index in [0.29, 0.717) is 0 Å². The van der Waals surface area contributed by atoms with E-state index in [-0.39, 0.29) is 0 Å². The van der Waals surface area contributed by atoms with E-state index in [4.69, 9.17) is 0 Å². The number of para-hydroxylation sites is 1. The van der Waals surface area contributed by atoms with E-state index in [1.165, 1.54) is 38.9 Å². The van der Waals surface area contributed by atoms with Crippen LogP contribution in [-0.2, 0) is 0 Å². The minimum absolute atomic E-state index is 1.18. The summed E-state index contributed by atoms with van der Waals surface area (Å²) in [5, 5.41) is 1.27. The molecule has 0 radical (unpaired) electrons. The Labute approximate surface area is 130 Å². The van der Waals surface area contributed by atoms with Crippen molar-refractivity contribution >= 4 is 10.9 Å². The molecule has 4 rings (SSSR count). The Morgan fingerprint density at radius 1 is 0.682 bits per heavy atom. The van der Waals surface area contributed by atoms with Crippen LogP contribution in [0.1, 0.15) is 5.56 Å². The summed E-state index contributed by atoms with van der Waals surface area (Å²) in [5.41, 5.74) is 7.41. The van der Waals surface area contributed by atoms with Crippen LogP contribution in [0.4, 0.5) is 0 Å². The summed E-state index contributed by atoms with van der Waals surface area (Å²) in [6, 6.07) is 27.8. The van der Waals surface area contributed by atoms with Gasteiger partial charge in [-0.05, 0) is 24.1 Å². The van der Waals surface area contributed by atoms with Crippen LogP contribution in [0.5, 0.6) is 0 Å². The molecule has 0 aliphatic heterocycles. The van der Waals surface area contributed by atoms with Crippen LogP contribution in [0.2, 0.25) is 0 Å². The van der Waals surface area contributed by atoms with Gasteiger partial charge in [0, 0.05) is 16.5 Å². The lowest BCUT2D eigenvalue weighted by Gasteiger charge is -2.06. The Hall–Kier alpha value is -2.80. The summed E-state index contributed by atoms with van der Waals surface area (Å²) in [6.45, 7) is 2.14. The van der Waals surface area contributed by atoms with E-state index >= 15 is 0 Å². The minimum Gasteiger partial charge on any atom is -0.354 e. The molecule has 0 spiro atoms. The fourth-order valence-corrected chi connectivity index (χ4v) is 3.06. The van der Waals surface area contributed by atoms with Crippen molar-refractivity contribution in [2.24, 2.45) is 0 Å². The Morgan fingerprint density at radius 2 is 1.41 bits per heavy atom. The predicted octanol–water partition coefficient (Wildman–Crippen LogP) is 5.81. The van der Waals surface area contributed by atoms with Gasteiger partial charge >= 0.3 is 0 Å². The normalized spacial score (nSPS) is 11.0. The first-order valence-corrected chi connectivity index (χ1v) is 7.56. The van der Waals surface area contributed by atoms with Gasteiger partial charge in [-0.15, -0.1) is 0 Å². The van der Waals surface area contributed by atoms with Crippen molar-refractivity contribution in [3.63, 3.8) is 0 Å². The number of rotatable bonds is 2. The molecule has 3 aromatic carbocycles. The minimum atomic E-state index is 1.18. The second-order valence-corrected chi connectivity index (χ2v) is 5.66. The Kier molecular flexibility index (Phi) is 3.05. The summed E-state index contributed by atoms with van der Waals surface area (Å²) in [7, 11) is 0. The van der Waals surface area contributed by atoms with Gasteiger partial charge in [0.2, 0.25) is 0 Å². The third-order valence-corrected chi connectivity index (χ3v) is 4.08. The average Bonchev–Trinajstić information content (AvgIpc) is 2.95. The van der Waals surface area contributed by atoms with Crippen molar-refractivity contribution in [2.45, 2.75) is 6.92 Å². The molecule has 1 heteroatoms. The fourth-order valence-electron chi connectivity index (χ4n) is 3.06. The van der Waals surface area contributed by atoms with Crippen LogP contribution < -0.4 is 0 Å². The summed E-state index contributed by atoms with van der Waals surface area (Å²) in [6.07, 6.45) is 0. The summed E-state index contributed by atoms with van der Waals surface area (Å²) >= 11 is 0. The molecule has 1 heterocycles. The molecule has 0 fully saturated rings. The fraction of sp³-hybridized carbons (Fsp3) is 0.0476. The van der Waals surface area contributed by atoms with Crippen molar-refractivity contribution in [1.82, 2.24) is 4.98 Å². The lowest BCUT2D eigenvalue weighted by atomic mass is 9.97. The standard InChI is InChI=1S/C21H17N/c1-15-8-7-11-17(14-15)20-18-12-5-6-13-19(18)22-21(20)16-9-3-2-4-10-16/h2-14,22H,1H3. The van der Waals surface area contributed by atoms with Gasteiger partial charge < -0.3 is 4.98 Å². The second-order valence-electron chi connectivity index (χ2n) is 5.66. The molecule has 1 N–H and O–H groups in total. The SMILES string of the molecule is Cc1cccc(-c2c(-c3ccccc3)[nH]c3ccccc23)c1. The van der Waals surface area contributed by atoms with Gasteiger partial charge in [-0.1, -0.05) is 78.4 Å². The van der Waals surface area contributed by atoms with Gasteiger partial charge in [0.25, 0.3) is 0 Å². The highest BCUT2D eigenvalue weighted by atomic mass is 14.7. The molecule has 22 heavy (non-hydrogen) atoms. The molecule has 4 aromatic rings. The molecule has 0 atom stereocenters. The first-order chi connectivity index (χ1) is 10.8. The number of hydrogen-bond donors (Lipinski definition) is 1. The van der Waals surface area contributed by atoms with Crippen LogP contribution in [0.3, 0.4) is 0 Å². The lowest BCUT2D eigenvalue weighted by Crippen LogP contribution is -1.83. The van der Waals surface area contributed by atoms with Gasteiger partial charge in [-0.3, -0.25) is 0 Å². The molecule has 1 aromatic heterocycles. The van der Waals surface area contributed by atoms with Crippen molar-refractivity contribution < 1.29 is 0 Å². The predicted molar refractivity (Wildman–Crippen MR) is 93.9 cm³/mol. The molecule has 1 nitrogen and oxygen atoms in total. The highest BCUT2D eigenvalue weighted by molar-refractivity contribution is 6.03. The maximum Gasteiger partial charge on any atom is 0.0544 e. The van der Waals surface area contributed by atoms with Gasteiger partial charge in [0.05, 0.1) is 5.69 Å². The molecule has 0 aliphatic rings. The van der Waals surface area contributed by atoms with Crippen molar-refractivity contribution in [1.29, 1.82) is 0 Å². The van der Waals surface area contributed by atoms with E-state index < -0.39 is 0 Å². The van der Waals surface area contributed by atoms with E-state index in [9.17, 15) is 0 Å². The smallest absolute Gasteiger partial charge is 0.0544 e. The number of aromatic amines is 1. The highest BCUT2D eigenvalue weighted by Gasteiger charge is 2.14. The van der Waals surface area contributed by atoms with E-state index in [0.717, 1.165) is 0 Å². The quantitative estimate of drug-likeness (QED) is 0.478. The zero-order valence-corrected chi connectivity index (χ0v) is 12.5. The molecule has 0 bridgehead atoms. The molecule has 0 aliphatic carbocycles. The third-order valence-electron chi connectivity index (χ3n) is 4.08. The molecule has 0 saturated carbocycles. The molecule has 0 unspecified atom stereocenters. The van der Waals surface area contributed by atoms with E-state index in [1.807, 2.05) is 0 Å². The number of hydrogen-bond acceptors (Lipinski definition) is 0. The van der Waals surface area contributed by atoms with Crippen LogP contribution in [0.15, 0.2) is 78.9 Å². The monoisotopic (exact) mass is 283 g/mol. The maximum absolute atomic E-state index is 3.60. The number of aryl methyl sites for hydroxylation is 1. The van der Waals surface area contributed by atoms with E-state index in [2.05, 4.69) is 90.8 Å². The van der Waals surface area contributed by atoms with Crippen LogP contribution in [0.25, 0.3) is 33.3 Å². The molecular weight excluding hydrogens is 266 g/mol. The van der Waals surface area contributed by atoms with Crippen molar-refractivity contribution in [2.75, 3.05) is 0 Å². The topological polar surface area (TPSA) is 15.8 Å². The zero-order valence-electron chi connectivity index (χ0n) is 12.5. The average molecular weight is 283 g/mol. The second kappa shape index (κ2) is 5.19. The summed E-state index contributed by atoms with van der Waals surface area (Å²) < 4.78 is 0. The summed E-state index contributed by atoms with van der Waals surface area (Å²) in [5.74, 6) is 0. The van der Waals surface area contributed by atoms with Gasteiger partial charge in [-0.2, -0.15) is 0 Å². The summed E-state index contributed by atoms with van der Waals surface area (Å²) in [4.78, 5) is 3.60. The Bertz CT molecular complexity index is 932. The van der Waals surface area contributed by atoms with Crippen molar-refractivity contribution in [3.05, 3.63) is 84.4 Å². The molecular formula is C21H17N.